The Morgan fingerprint density at radius 2 is 2.11 bits per heavy atom. The number of isothiocyanates is 1. The summed E-state index contributed by atoms with van der Waals surface area (Å²) >= 11 is 4.34. The van der Waals surface area contributed by atoms with Crippen molar-refractivity contribution in [3.05, 3.63) is 18.5 Å². The lowest BCUT2D eigenvalue weighted by Gasteiger charge is -1.82. The molecule has 1 aromatic heterocycles. The summed E-state index contributed by atoms with van der Waals surface area (Å²) < 4.78 is 0. The number of nitrogens with zero attached hydrogens (tertiary/aromatic N) is 3. The van der Waals surface area contributed by atoms with E-state index in [2.05, 4.69) is 32.3 Å². The van der Waals surface area contributed by atoms with Crippen LogP contribution in [0, 0.1) is 0 Å². The Hall–Kier alpha value is -1.12. The van der Waals surface area contributed by atoms with E-state index in [4.69, 9.17) is 0 Å². The van der Waals surface area contributed by atoms with E-state index >= 15 is 0 Å². The van der Waals surface area contributed by atoms with Gasteiger partial charge in [0.15, 0.2) is 0 Å². The molecular weight excluding hydrogens is 134 g/mol. The fourth-order valence-corrected chi connectivity index (χ4v) is 0.471. The molecule has 0 N–H and O–H groups in total. The largest absolute Gasteiger partial charge is 0.258 e. The molecular formula is C5H3N3S. The van der Waals surface area contributed by atoms with Crippen LogP contribution in [0.5, 0.6) is 0 Å². The molecule has 0 bridgehead atoms. The van der Waals surface area contributed by atoms with Crippen LogP contribution in [0.25, 0.3) is 0 Å². The van der Waals surface area contributed by atoms with Crippen molar-refractivity contribution >= 4 is 23.3 Å². The van der Waals surface area contributed by atoms with Gasteiger partial charge in [0.25, 0.3) is 5.95 Å². The second-order valence-corrected chi connectivity index (χ2v) is 1.43. The Kier molecular flexibility index (Phi) is 2.01. The zero-order chi connectivity index (χ0) is 6.53. The quantitative estimate of drug-likeness (QED) is 0.431. The van der Waals surface area contributed by atoms with Gasteiger partial charge >= 0.3 is 0 Å². The molecule has 0 aliphatic carbocycles. The van der Waals surface area contributed by atoms with E-state index < -0.39 is 0 Å². The number of aromatic nitrogens is 2. The second kappa shape index (κ2) is 3.02. The minimum absolute atomic E-state index is 0.354. The van der Waals surface area contributed by atoms with E-state index in [1.165, 1.54) is 0 Å². The monoisotopic (exact) mass is 137 g/mol. The van der Waals surface area contributed by atoms with Gasteiger partial charge in [-0.3, -0.25) is 0 Å². The first-order valence-electron chi connectivity index (χ1n) is 2.28. The molecule has 0 fully saturated rings. The third kappa shape index (κ3) is 1.68. The zero-order valence-corrected chi connectivity index (χ0v) is 5.30. The summed E-state index contributed by atoms with van der Waals surface area (Å²) in [5.74, 6) is 0.354. The second-order valence-electron chi connectivity index (χ2n) is 1.25. The lowest BCUT2D eigenvalue weighted by Crippen LogP contribution is -1.74. The Labute approximate surface area is 57.5 Å². The number of hydrogen-bond donors (Lipinski definition) is 0. The van der Waals surface area contributed by atoms with Crippen LogP contribution < -0.4 is 0 Å². The molecule has 4 heteroatoms. The van der Waals surface area contributed by atoms with Crippen molar-refractivity contribution in [3.63, 3.8) is 0 Å². The SMILES string of the molecule is S=C=Nc1ncccn1. The molecule has 0 saturated heterocycles. The van der Waals surface area contributed by atoms with Gasteiger partial charge in [-0.05, 0) is 18.3 Å². The number of rotatable bonds is 1. The van der Waals surface area contributed by atoms with Gasteiger partial charge < -0.3 is 0 Å². The van der Waals surface area contributed by atoms with Crippen LogP contribution in [-0.4, -0.2) is 15.1 Å². The van der Waals surface area contributed by atoms with Crippen molar-refractivity contribution in [2.75, 3.05) is 0 Å². The van der Waals surface area contributed by atoms with E-state index in [-0.39, 0.29) is 0 Å². The molecule has 0 atom stereocenters. The molecule has 0 unspecified atom stereocenters. The first kappa shape index (κ1) is 6.01. The third-order valence-electron chi connectivity index (χ3n) is 0.698. The Bertz CT molecular complexity index is 227. The zero-order valence-electron chi connectivity index (χ0n) is 4.48. The predicted molar refractivity (Wildman–Crippen MR) is 36.7 cm³/mol. The summed E-state index contributed by atoms with van der Waals surface area (Å²) in [6, 6.07) is 1.71. The third-order valence-corrected chi connectivity index (χ3v) is 0.789. The number of hydrogen-bond acceptors (Lipinski definition) is 4. The van der Waals surface area contributed by atoms with Crippen LogP contribution in [0.3, 0.4) is 0 Å². The van der Waals surface area contributed by atoms with E-state index in [9.17, 15) is 0 Å². The van der Waals surface area contributed by atoms with Gasteiger partial charge in [0.05, 0.1) is 5.16 Å². The van der Waals surface area contributed by atoms with Crippen molar-refractivity contribution in [2.45, 2.75) is 0 Å². The molecule has 0 aliphatic heterocycles. The molecule has 0 radical (unpaired) electrons. The van der Waals surface area contributed by atoms with Crippen LogP contribution in [-0.2, 0) is 0 Å². The molecule has 1 heterocycles. The van der Waals surface area contributed by atoms with Crippen molar-refractivity contribution < 1.29 is 0 Å². The number of thiocarbonyl (C=S) groups is 1. The lowest BCUT2D eigenvalue weighted by atomic mass is 10.7. The smallest absolute Gasteiger partial charge is 0.219 e. The van der Waals surface area contributed by atoms with E-state index in [0.29, 0.717) is 5.95 Å². The maximum absolute atomic E-state index is 4.34. The summed E-state index contributed by atoms with van der Waals surface area (Å²) in [6.07, 6.45) is 3.19. The van der Waals surface area contributed by atoms with E-state index in [1.807, 2.05) is 0 Å². The minimum atomic E-state index is 0.354. The maximum atomic E-state index is 4.34. The lowest BCUT2D eigenvalue weighted by molar-refractivity contribution is 1.14. The molecule has 3 nitrogen and oxygen atoms in total. The topological polar surface area (TPSA) is 38.1 Å². The summed E-state index contributed by atoms with van der Waals surface area (Å²) in [5, 5.41) is 2.17. The summed E-state index contributed by atoms with van der Waals surface area (Å²) in [4.78, 5) is 11.1. The Morgan fingerprint density at radius 3 is 2.67 bits per heavy atom. The standard InChI is InChI=1S/C5H3N3S/c9-4-8-5-6-2-1-3-7-5/h1-3H. The van der Waals surface area contributed by atoms with Crippen LogP contribution in [0.1, 0.15) is 0 Å². The van der Waals surface area contributed by atoms with E-state index in [1.54, 1.807) is 18.5 Å². The van der Waals surface area contributed by atoms with Crippen molar-refractivity contribution in [3.8, 4) is 0 Å². The molecule has 1 aromatic rings. The molecule has 9 heavy (non-hydrogen) atoms. The predicted octanol–water partition coefficient (Wildman–Crippen LogP) is 1.21. The average Bonchev–Trinajstić information content (AvgIpc) is 1.91. The van der Waals surface area contributed by atoms with Crippen LogP contribution >= 0.6 is 12.2 Å². The van der Waals surface area contributed by atoms with Gasteiger partial charge in [0, 0.05) is 12.4 Å². The van der Waals surface area contributed by atoms with Crippen LogP contribution in [0.15, 0.2) is 23.5 Å². The molecule has 0 spiro atoms. The molecule has 0 saturated carbocycles. The fourth-order valence-electron chi connectivity index (χ4n) is 0.390. The van der Waals surface area contributed by atoms with Gasteiger partial charge in [-0.2, -0.15) is 4.99 Å². The molecule has 0 aromatic carbocycles. The minimum Gasteiger partial charge on any atom is -0.219 e. The van der Waals surface area contributed by atoms with Crippen LogP contribution in [0.4, 0.5) is 5.95 Å². The first-order chi connectivity index (χ1) is 4.43. The van der Waals surface area contributed by atoms with Gasteiger partial charge in [-0.25, -0.2) is 9.97 Å². The Morgan fingerprint density at radius 1 is 1.44 bits per heavy atom. The maximum Gasteiger partial charge on any atom is 0.258 e. The average molecular weight is 137 g/mol. The van der Waals surface area contributed by atoms with Gasteiger partial charge in [-0.1, -0.05) is 0 Å². The summed E-state index contributed by atoms with van der Waals surface area (Å²) in [7, 11) is 0. The number of aliphatic imine (C=N–C) groups is 1. The molecule has 44 valence electrons. The summed E-state index contributed by atoms with van der Waals surface area (Å²) in [6.45, 7) is 0. The van der Waals surface area contributed by atoms with Crippen molar-refractivity contribution in [1.82, 2.24) is 9.97 Å². The van der Waals surface area contributed by atoms with Crippen LogP contribution in [0.2, 0.25) is 0 Å². The van der Waals surface area contributed by atoms with Gasteiger partial charge in [0.1, 0.15) is 0 Å². The molecule has 0 aliphatic rings. The van der Waals surface area contributed by atoms with E-state index in [0.717, 1.165) is 0 Å². The highest BCUT2D eigenvalue weighted by Crippen LogP contribution is 1.95. The fraction of sp³-hybridized carbons (Fsp3) is 0. The van der Waals surface area contributed by atoms with Gasteiger partial charge in [0.2, 0.25) is 0 Å². The highest BCUT2D eigenvalue weighted by Gasteiger charge is 1.82. The van der Waals surface area contributed by atoms with Gasteiger partial charge in [-0.15, -0.1) is 0 Å². The van der Waals surface area contributed by atoms with Crippen molar-refractivity contribution in [2.24, 2.45) is 4.99 Å². The normalized spacial score (nSPS) is 8.00. The first-order valence-corrected chi connectivity index (χ1v) is 2.69. The Balaban J connectivity index is 2.97. The highest BCUT2D eigenvalue weighted by atomic mass is 32.1. The molecule has 1 rings (SSSR count). The molecule has 0 amide bonds. The summed E-state index contributed by atoms with van der Waals surface area (Å²) in [5.41, 5.74) is 0. The van der Waals surface area contributed by atoms with Crippen molar-refractivity contribution in [1.29, 1.82) is 0 Å². The highest BCUT2D eigenvalue weighted by molar-refractivity contribution is 7.78.